The molecule has 1 rings (SSSR count). The molecule has 1 aromatic rings. The predicted molar refractivity (Wildman–Crippen MR) is 141 cm³/mol. The molecule has 186 valence electrons. The van der Waals surface area contributed by atoms with Crippen molar-refractivity contribution in [2.24, 2.45) is 27.1 Å². The van der Waals surface area contributed by atoms with Gasteiger partial charge >= 0.3 is 0 Å². The Morgan fingerprint density at radius 1 is 1.03 bits per heavy atom. The molecule has 0 saturated heterocycles. The van der Waals surface area contributed by atoms with Crippen molar-refractivity contribution in [1.82, 2.24) is 16.0 Å². The van der Waals surface area contributed by atoms with Crippen LogP contribution in [0.2, 0.25) is 0 Å². The third-order valence-corrected chi connectivity index (χ3v) is 6.22. The van der Waals surface area contributed by atoms with E-state index in [1.807, 2.05) is 18.2 Å². The van der Waals surface area contributed by atoms with Crippen LogP contribution >= 0.6 is 0 Å². The summed E-state index contributed by atoms with van der Waals surface area (Å²) in [6.07, 6.45) is 0. The van der Waals surface area contributed by atoms with Gasteiger partial charge in [-0.2, -0.15) is 9.98 Å². The van der Waals surface area contributed by atoms with E-state index >= 15 is 0 Å². The van der Waals surface area contributed by atoms with Crippen molar-refractivity contribution < 1.29 is 5.11 Å². The average Bonchev–Trinajstić information content (AvgIpc) is 2.64. The quantitative estimate of drug-likeness (QED) is 0.292. The van der Waals surface area contributed by atoms with E-state index in [1.165, 1.54) is 0 Å². The van der Waals surface area contributed by atoms with Gasteiger partial charge in [0.15, 0.2) is 5.96 Å². The lowest BCUT2D eigenvalue weighted by Crippen LogP contribution is -2.53. The van der Waals surface area contributed by atoms with Crippen LogP contribution in [-0.4, -0.2) is 35.2 Å². The Morgan fingerprint density at radius 2 is 1.61 bits per heavy atom. The molecule has 0 aromatic heterocycles. The highest BCUT2D eigenvalue weighted by atomic mass is 16.3. The molecule has 0 aliphatic carbocycles. The number of hydrogen-bond donors (Lipinski definition) is 5. The molecule has 1 aromatic carbocycles. The van der Waals surface area contributed by atoms with Gasteiger partial charge in [0.25, 0.3) is 0 Å². The lowest BCUT2D eigenvalue weighted by molar-refractivity contribution is 0.250. The van der Waals surface area contributed by atoms with Gasteiger partial charge in [0, 0.05) is 29.1 Å². The van der Waals surface area contributed by atoms with Gasteiger partial charge in [-0.05, 0) is 38.2 Å². The number of benzene rings is 1. The van der Waals surface area contributed by atoms with Crippen molar-refractivity contribution in [3.05, 3.63) is 42.2 Å². The topological polar surface area (TPSA) is 107 Å². The van der Waals surface area contributed by atoms with E-state index in [1.54, 1.807) is 6.07 Å². The first-order chi connectivity index (χ1) is 15.0. The molecule has 0 heterocycles. The molecule has 0 aliphatic heterocycles. The van der Waals surface area contributed by atoms with Gasteiger partial charge in [0.05, 0.1) is 0 Å². The Kier molecular flexibility index (Phi) is 9.40. The zero-order chi connectivity index (χ0) is 25.6. The number of phenolic OH excluding ortho intramolecular Hbond substituents is 1. The minimum absolute atomic E-state index is 0.0323. The number of guanidine groups is 2. The van der Waals surface area contributed by atoms with E-state index in [-0.39, 0.29) is 17.2 Å². The highest BCUT2D eigenvalue weighted by molar-refractivity contribution is 5.94. The zero-order valence-electron chi connectivity index (χ0n) is 22.3. The fourth-order valence-corrected chi connectivity index (χ4v) is 3.01. The molecule has 0 saturated carbocycles. The van der Waals surface area contributed by atoms with Crippen molar-refractivity contribution >= 4 is 11.9 Å². The fraction of sp³-hybridized carbons (Fsp3) is 0.615. The first kappa shape index (κ1) is 28.3. The summed E-state index contributed by atoms with van der Waals surface area (Å²) >= 11 is 0. The summed E-state index contributed by atoms with van der Waals surface area (Å²) < 4.78 is 0. The predicted octanol–water partition coefficient (Wildman–Crippen LogP) is 4.45. The monoisotopic (exact) mass is 458 g/mol. The standard InChI is InChI=1S/C26H46N6O/c1-17(2)18(3)29-22(27)31-23(28-16-24(5,6)7)30-19(4)32-26(10,11)25(8,9)20-14-12-13-15-21(20)33/h12-15,17-18,32-33H,4,16H2,1-3,5-11H3,(H4,27,28,29,30,31). The number of phenols is 1. The molecule has 7 nitrogen and oxygen atoms in total. The van der Waals surface area contributed by atoms with Crippen LogP contribution in [0.3, 0.4) is 0 Å². The van der Waals surface area contributed by atoms with E-state index in [0.717, 1.165) is 5.56 Å². The van der Waals surface area contributed by atoms with Gasteiger partial charge in [-0.25, -0.2) is 0 Å². The summed E-state index contributed by atoms with van der Waals surface area (Å²) in [4.78, 5) is 9.10. The molecule has 0 radical (unpaired) electrons. The van der Waals surface area contributed by atoms with Gasteiger partial charge in [0.1, 0.15) is 11.6 Å². The first-order valence-electron chi connectivity index (χ1n) is 11.6. The molecule has 6 N–H and O–H groups in total. The van der Waals surface area contributed by atoms with Crippen molar-refractivity contribution in [2.45, 2.75) is 86.2 Å². The lowest BCUT2D eigenvalue weighted by Gasteiger charge is -2.43. The minimum atomic E-state index is -0.485. The number of nitrogens with zero attached hydrogens (tertiary/aromatic N) is 2. The third kappa shape index (κ3) is 8.63. The molecule has 0 spiro atoms. The number of hydrogen-bond acceptors (Lipinski definition) is 3. The maximum atomic E-state index is 10.4. The van der Waals surface area contributed by atoms with Crippen LogP contribution in [-0.2, 0) is 5.41 Å². The lowest BCUT2D eigenvalue weighted by atomic mass is 9.69. The fourth-order valence-electron chi connectivity index (χ4n) is 3.01. The number of nitrogens with two attached hydrogens (primary N) is 1. The van der Waals surface area contributed by atoms with E-state index in [2.05, 4.69) is 102 Å². The van der Waals surface area contributed by atoms with Crippen molar-refractivity contribution in [1.29, 1.82) is 0 Å². The second-order valence-electron chi connectivity index (χ2n) is 11.4. The first-order valence-corrected chi connectivity index (χ1v) is 11.6. The van der Waals surface area contributed by atoms with Crippen LogP contribution in [0.1, 0.15) is 74.8 Å². The van der Waals surface area contributed by atoms with Gasteiger partial charge in [0.2, 0.25) is 5.96 Å². The Hall–Kier alpha value is -2.70. The van der Waals surface area contributed by atoms with Crippen LogP contribution in [0, 0.1) is 11.3 Å². The minimum Gasteiger partial charge on any atom is -0.508 e. The van der Waals surface area contributed by atoms with Crippen LogP contribution in [0.15, 0.2) is 46.7 Å². The van der Waals surface area contributed by atoms with Crippen LogP contribution in [0.5, 0.6) is 5.75 Å². The smallest absolute Gasteiger partial charge is 0.227 e. The number of para-hydroxylation sites is 1. The molecule has 1 atom stereocenters. The van der Waals surface area contributed by atoms with Crippen LogP contribution in [0.25, 0.3) is 0 Å². The zero-order valence-corrected chi connectivity index (χ0v) is 22.3. The Morgan fingerprint density at radius 3 is 2.12 bits per heavy atom. The Bertz CT molecular complexity index is 862. The second kappa shape index (κ2) is 10.9. The highest BCUT2D eigenvalue weighted by Gasteiger charge is 2.40. The van der Waals surface area contributed by atoms with Gasteiger partial charge in [-0.15, -0.1) is 0 Å². The van der Waals surface area contributed by atoms with Crippen molar-refractivity contribution in [2.75, 3.05) is 6.54 Å². The van der Waals surface area contributed by atoms with E-state index in [0.29, 0.717) is 30.2 Å². The van der Waals surface area contributed by atoms with Gasteiger partial charge in [-0.3, -0.25) is 0 Å². The highest BCUT2D eigenvalue weighted by Crippen LogP contribution is 2.39. The summed E-state index contributed by atoms with van der Waals surface area (Å²) in [5.41, 5.74) is 6.13. The average molecular weight is 459 g/mol. The van der Waals surface area contributed by atoms with Crippen molar-refractivity contribution in [3.63, 3.8) is 0 Å². The van der Waals surface area contributed by atoms with Crippen molar-refractivity contribution in [3.8, 4) is 5.75 Å². The normalized spacial score (nSPS) is 14.8. The third-order valence-electron chi connectivity index (χ3n) is 6.22. The molecule has 0 bridgehead atoms. The van der Waals surface area contributed by atoms with E-state index in [9.17, 15) is 5.11 Å². The summed E-state index contributed by atoms with van der Waals surface area (Å²) in [5, 5.41) is 20.3. The van der Waals surface area contributed by atoms with E-state index in [4.69, 9.17) is 5.73 Å². The number of nitrogens with one attached hydrogen (secondary N) is 3. The molecular formula is C26H46N6O. The largest absolute Gasteiger partial charge is 0.508 e. The number of aliphatic imine (C=N–C) groups is 2. The SMILES string of the molecule is C=C(/N=C(\N=C(/N)NC(C)C(C)C)NCC(C)(C)C)NC(C)(C)C(C)(C)c1ccccc1O. The second-order valence-corrected chi connectivity index (χ2v) is 11.4. The van der Waals surface area contributed by atoms with Crippen LogP contribution in [0.4, 0.5) is 0 Å². The van der Waals surface area contributed by atoms with Gasteiger partial charge < -0.3 is 26.8 Å². The Balaban J connectivity index is 3.17. The number of aromatic hydroxyl groups is 1. The summed E-state index contributed by atoms with van der Waals surface area (Å²) in [6, 6.07) is 7.57. The van der Waals surface area contributed by atoms with E-state index < -0.39 is 11.0 Å². The number of rotatable bonds is 8. The molecule has 7 heteroatoms. The molecular weight excluding hydrogens is 412 g/mol. The molecule has 1 unspecified atom stereocenters. The van der Waals surface area contributed by atoms with Crippen LogP contribution < -0.4 is 21.7 Å². The molecule has 33 heavy (non-hydrogen) atoms. The molecule has 0 amide bonds. The summed E-state index contributed by atoms with van der Waals surface area (Å²) in [5.74, 6) is 1.82. The summed E-state index contributed by atoms with van der Waals surface area (Å²) in [7, 11) is 0. The maximum Gasteiger partial charge on any atom is 0.227 e. The van der Waals surface area contributed by atoms with Gasteiger partial charge in [-0.1, -0.05) is 73.2 Å². The maximum absolute atomic E-state index is 10.4. The molecule has 0 aliphatic rings. The summed E-state index contributed by atoms with van der Waals surface area (Å²) in [6.45, 7) is 25.8. The molecule has 0 fully saturated rings. The Labute approximate surface area is 201 Å².